The van der Waals surface area contributed by atoms with Crippen molar-refractivity contribution in [2.45, 2.75) is 18.7 Å². The van der Waals surface area contributed by atoms with Crippen molar-refractivity contribution in [3.05, 3.63) is 17.7 Å². The first-order chi connectivity index (χ1) is 8.49. The molecule has 1 atom stereocenters. The van der Waals surface area contributed by atoms with E-state index in [-0.39, 0.29) is 23.3 Å². The molecule has 0 bridgehead atoms. The fourth-order valence-electron chi connectivity index (χ4n) is 1.57. The number of Topliss-reactive ketones (excluding diaryl/α,β-unsaturated/α-hetero) is 1. The van der Waals surface area contributed by atoms with Crippen molar-refractivity contribution in [1.82, 2.24) is 0 Å². The molecule has 1 aliphatic heterocycles. The second kappa shape index (κ2) is 4.97. The van der Waals surface area contributed by atoms with E-state index < -0.39 is 0 Å². The van der Waals surface area contributed by atoms with E-state index in [1.165, 1.54) is 6.92 Å². The van der Waals surface area contributed by atoms with Gasteiger partial charge in [-0.25, -0.2) is 0 Å². The summed E-state index contributed by atoms with van der Waals surface area (Å²) in [5.41, 5.74) is 0.837. The van der Waals surface area contributed by atoms with Crippen molar-refractivity contribution in [3.8, 4) is 11.5 Å². The molecule has 0 aliphatic carbocycles. The van der Waals surface area contributed by atoms with Crippen molar-refractivity contribution in [2.24, 2.45) is 0 Å². The Morgan fingerprint density at radius 3 is 2.50 bits per heavy atom. The molecule has 0 aromatic heterocycles. The SMILES string of the molecule is CC(=O)c1cc2c(cc1NC(=O)C(C)Br)OCO2. The van der Waals surface area contributed by atoms with Crippen molar-refractivity contribution >= 4 is 33.3 Å². The van der Waals surface area contributed by atoms with Crippen LogP contribution in [0.5, 0.6) is 11.5 Å². The van der Waals surface area contributed by atoms with Gasteiger partial charge in [-0.1, -0.05) is 15.9 Å². The molecule has 1 amide bonds. The van der Waals surface area contributed by atoms with Crippen LogP contribution in [0, 0.1) is 0 Å². The highest BCUT2D eigenvalue weighted by atomic mass is 79.9. The van der Waals surface area contributed by atoms with Gasteiger partial charge in [-0.2, -0.15) is 0 Å². The second-order valence-electron chi connectivity index (χ2n) is 3.91. The van der Waals surface area contributed by atoms with Crippen LogP contribution < -0.4 is 14.8 Å². The number of hydrogen-bond acceptors (Lipinski definition) is 4. The lowest BCUT2D eigenvalue weighted by molar-refractivity contribution is -0.115. The van der Waals surface area contributed by atoms with Crippen molar-refractivity contribution in [1.29, 1.82) is 0 Å². The molecule has 1 aliphatic rings. The van der Waals surface area contributed by atoms with E-state index in [2.05, 4.69) is 21.2 Å². The third kappa shape index (κ3) is 2.48. The number of amides is 1. The first-order valence-electron chi connectivity index (χ1n) is 5.38. The molecule has 96 valence electrons. The number of alkyl halides is 1. The molecule has 5 nitrogen and oxygen atoms in total. The molecule has 6 heteroatoms. The maximum absolute atomic E-state index is 11.6. The minimum Gasteiger partial charge on any atom is -0.454 e. The highest BCUT2D eigenvalue weighted by molar-refractivity contribution is 9.10. The normalized spacial score (nSPS) is 14.2. The Kier molecular flexibility index (Phi) is 3.56. The van der Waals surface area contributed by atoms with Gasteiger partial charge in [-0.3, -0.25) is 9.59 Å². The molecule has 18 heavy (non-hydrogen) atoms. The Labute approximate surface area is 113 Å². The van der Waals surface area contributed by atoms with Gasteiger partial charge in [0.05, 0.1) is 10.5 Å². The third-order valence-electron chi connectivity index (χ3n) is 2.51. The number of hydrogen-bond donors (Lipinski definition) is 1. The number of carbonyl (C=O) groups excluding carboxylic acids is 2. The highest BCUT2D eigenvalue weighted by Crippen LogP contribution is 2.37. The van der Waals surface area contributed by atoms with Crippen LogP contribution in [0.2, 0.25) is 0 Å². The van der Waals surface area contributed by atoms with Crippen LogP contribution in [-0.2, 0) is 4.79 Å². The van der Waals surface area contributed by atoms with Gasteiger partial charge >= 0.3 is 0 Å². The number of ketones is 1. The molecule has 0 fully saturated rings. The molecule has 0 radical (unpaired) electrons. The van der Waals surface area contributed by atoms with Crippen LogP contribution in [-0.4, -0.2) is 23.3 Å². The van der Waals surface area contributed by atoms with Gasteiger partial charge in [0, 0.05) is 11.6 Å². The number of nitrogens with one attached hydrogen (secondary N) is 1. The Morgan fingerprint density at radius 2 is 1.94 bits per heavy atom. The van der Waals surface area contributed by atoms with Gasteiger partial charge in [0.1, 0.15) is 0 Å². The van der Waals surface area contributed by atoms with Gasteiger partial charge in [0.25, 0.3) is 0 Å². The number of benzene rings is 1. The first-order valence-corrected chi connectivity index (χ1v) is 6.30. The lowest BCUT2D eigenvalue weighted by atomic mass is 10.1. The van der Waals surface area contributed by atoms with Gasteiger partial charge in [-0.05, 0) is 19.9 Å². The molecule has 1 unspecified atom stereocenters. The number of carbonyl (C=O) groups is 2. The summed E-state index contributed by atoms with van der Waals surface area (Å²) < 4.78 is 10.4. The lowest BCUT2D eigenvalue weighted by Gasteiger charge is -2.11. The molecule has 2 rings (SSSR count). The number of rotatable bonds is 3. The Bertz CT molecular complexity index is 513. The van der Waals surface area contributed by atoms with Gasteiger partial charge < -0.3 is 14.8 Å². The summed E-state index contributed by atoms with van der Waals surface area (Å²) in [7, 11) is 0. The van der Waals surface area contributed by atoms with E-state index >= 15 is 0 Å². The molecule has 0 saturated heterocycles. The second-order valence-corrected chi connectivity index (χ2v) is 5.29. The monoisotopic (exact) mass is 313 g/mol. The number of ether oxygens (including phenoxy) is 2. The molecule has 0 spiro atoms. The summed E-state index contributed by atoms with van der Waals surface area (Å²) in [4.78, 5) is 22.9. The molecule has 1 aromatic rings. The number of anilines is 1. The Balaban J connectivity index is 2.38. The predicted molar refractivity (Wildman–Crippen MR) is 69.6 cm³/mol. The maximum Gasteiger partial charge on any atom is 0.237 e. The molecular formula is C12H12BrNO4. The standard InChI is InChI=1S/C12H12BrNO4/c1-6(13)12(16)14-9-4-11-10(17-5-18-11)3-8(9)7(2)15/h3-4,6H,5H2,1-2H3,(H,14,16). The minimum absolute atomic E-state index is 0.124. The zero-order valence-corrected chi connectivity index (χ0v) is 11.5. The van der Waals surface area contributed by atoms with Crippen molar-refractivity contribution in [2.75, 3.05) is 12.1 Å². The lowest BCUT2D eigenvalue weighted by Crippen LogP contribution is -2.21. The summed E-state index contributed by atoms with van der Waals surface area (Å²) in [6.45, 7) is 3.26. The first kappa shape index (κ1) is 12.9. The summed E-state index contributed by atoms with van der Waals surface area (Å²) >= 11 is 3.17. The third-order valence-corrected chi connectivity index (χ3v) is 2.93. The molecule has 1 heterocycles. The molecular weight excluding hydrogens is 302 g/mol. The Hall–Kier alpha value is -1.56. The maximum atomic E-state index is 11.6. The zero-order chi connectivity index (χ0) is 13.3. The van der Waals surface area contributed by atoms with E-state index in [9.17, 15) is 9.59 Å². The van der Waals surface area contributed by atoms with Crippen LogP contribution in [0.3, 0.4) is 0 Å². The smallest absolute Gasteiger partial charge is 0.237 e. The van der Waals surface area contributed by atoms with Crippen LogP contribution >= 0.6 is 15.9 Å². The highest BCUT2D eigenvalue weighted by Gasteiger charge is 2.21. The van der Waals surface area contributed by atoms with E-state index in [1.807, 2.05) is 0 Å². The topological polar surface area (TPSA) is 64.6 Å². The molecule has 1 N–H and O–H groups in total. The summed E-state index contributed by atoms with van der Waals surface area (Å²) in [6.07, 6.45) is 0. The van der Waals surface area contributed by atoms with Crippen molar-refractivity contribution < 1.29 is 19.1 Å². The van der Waals surface area contributed by atoms with Crippen LogP contribution in [0.1, 0.15) is 24.2 Å². The summed E-state index contributed by atoms with van der Waals surface area (Å²) in [5, 5.41) is 2.68. The summed E-state index contributed by atoms with van der Waals surface area (Å²) in [6, 6.07) is 3.19. The van der Waals surface area contributed by atoms with E-state index in [0.717, 1.165) is 0 Å². The predicted octanol–water partition coefficient (Wildman–Crippen LogP) is 2.34. The number of halogens is 1. The Morgan fingerprint density at radius 1 is 1.33 bits per heavy atom. The van der Waals surface area contributed by atoms with Gasteiger partial charge in [-0.15, -0.1) is 0 Å². The molecule has 1 aromatic carbocycles. The van der Waals surface area contributed by atoms with Crippen LogP contribution in [0.25, 0.3) is 0 Å². The zero-order valence-electron chi connectivity index (χ0n) is 9.95. The summed E-state index contributed by atoms with van der Waals surface area (Å²) in [5.74, 6) is 0.671. The van der Waals surface area contributed by atoms with Gasteiger partial charge in [0.15, 0.2) is 17.3 Å². The largest absolute Gasteiger partial charge is 0.454 e. The van der Waals surface area contributed by atoms with E-state index in [4.69, 9.17) is 9.47 Å². The van der Waals surface area contributed by atoms with Crippen molar-refractivity contribution in [3.63, 3.8) is 0 Å². The van der Waals surface area contributed by atoms with E-state index in [1.54, 1.807) is 19.1 Å². The fourth-order valence-corrected chi connectivity index (χ4v) is 1.68. The molecule has 0 saturated carbocycles. The average Bonchev–Trinajstić information content (AvgIpc) is 2.74. The number of fused-ring (bicyclic) bond motifs is 1. The fraction of sp³-hybridized carbons (Fsp3) is 0.333. The minimum atomic E-state index is -0.345. The van der Waals surface area contributed by atoms with E-state index in [0.29, 0.717) is 22.7 Å². The van der Waals surface area contributed by atoms with Crippen LogP contribution in [0.4, 0.5) is 5.69 Å². The van der Waals surface area contributed by atoms with Crippen LogP contribution in [0.15, 0.2) is 12.1 Å². The quantitative estimate of drug-likeness (QED) is 0.687. The van der Waals surface area contributed by atoms with Gasteiger partial charge in [0.2, 0.25) is 12.7 Å². The average molecular weight is 314 g/mol.